The summed E-state index contributed by atoms with van der Waals surface area (Å²) in [6, 6.07) is 0. The van der Waals surface area contributed by atoms with Gasteiger partial charge in [-0.2, -0.15) is 0 Å². The molecule has 0 bridgehead atoms. The number of aliphatic hydroxyl groups is 1. The molecule has 0 radical (unpaired) electrons. The topological polar surface area (TPSA) is 83.5 Å². The molecule has 0 aromatic carbocycles. The molecule has 10 heteroatoms. The molecule has 0 amide bonds. The van der Waals surface area contributed by atoms with Crippen LogP contribution in [0.3, 0.4) is 0 Å². The Bertz CT molecular complexity index is 664. The van der Waals surface area contributed by atoms with Gasteiger partial charge in [-0.25, -0.2) is 0 Å². The molecule has 0 spiro atoms. The van der Waals surface area contributed by atoms with Crippen molar-refractivity contribution in [2.45, 2.75) is 128 Å². The molecule has 2 heterocycles. The standard InChI is InChI=1S/C23H45ClO7Si2/c1-13(2)32(14(3)4)27-12-17-19(30-33(31-32,15(5)6)16(7)8)20(18(24)21(25)28-17)29-22(26)23(9,10)11/h13-21,25H,12H2,1-11H3/t17-,18?,19+,20-,21?/m1/s1. The Kier molecular flexibility index (Phi) is 9.34. The van der Waals surface area contributed by atoms with Crippen molar-refractivity contribution < 1.29 is 32.3 Å². The maximum absolute atomic E-state index is 12.8. The van der Waals surface area contributed by atoms with Crippen molar-refractivity contribution in [3.8, 4) is 0 Å². The van der Waals surface area contributed by atoms with Crippen molar-refractivity contribution >= 4 is 34.7 Å². The van der Waals surface area contributed by atoms with Gasteiger partial charge in [0.15, 0.2) is 12.4 Å². The van der Waals surface area contributed by atoms with Gasteiger partial charge in [0.05, 0.1) is 12.0 Å². The summed E-state index contributed by atoms with van der Waals surface area (Å²) in [6.07, 6.45) is -3.53. The minimum absolute atomic E-state index is 0.101. The zero-order valence-corrected chi connectivity index (χ0v) is 24.9. The number of alkyl halides is 1. The van der Waals surface area contributed by atoms with Crippen molar-refractivity contribution in [1.29, 1.82) is 0 Å². The van der Waals surface area contributed by atoms with E-state index < -0.39 is 58.5 Å². The zero-order chi connectivity index (χ0) is 25.5. The molecule has 0 aliphatic carbocycles. The van der Waals surface area contributed by atoms with Gasteiger partial charge in [-0.15, -0.1) is 11.6 Å². The van der Waals surface area contributed by atoms with Crippen LogP contribution in [0.1, 0.15) is 76.2 Å². The SMILES string of the molecule is CC(C)[Si]1(C(C)C)OC[C@H]2OC(O)C(Cl)[C@@H](OC(=O)C(C)(C)C)[C@H]2O[Si](C(C)C)(C(C)C)O1. The normalized spacial score (nSPS) is 32.6. The van der Waals surface area contributed by atoms with Gasteiger partial charge >= 0.3 is 23.1 Å². The summed E-state index contributed by atoms with van der Waals surface area (Å²) in [4.78, 5) is 12.8. The highest BCUT2D eigenvalue weighted by atomic mass is 35.5. The average molecular weight is 525 g/mol. The van der Waals surface area contributed by atoms with Crippen LogP contribution in [0.15, 0.2) is 0 Å². The van der Waals surface area contributed by atoms with Crippen LogP contribution in [-0.2, 0) is 27.2 Å². The highest BCUT2D eigenvalue weighted by molar-refractivity contribution is 6.84. The highest BCUT2D eigenvalue weighted by Crippen LogP contribution is 2.47. The molecule has 33 heavy (non-hydrogen) atoms. The zero-order valence-electron chi connectivity index (χ0n) is 22.2. The van der Waals surface area contributed by atoms with Crippen LogP contribution in [0.2, 0.25) is 22.2 Å². The minimum atomic E-state index is -2.95. The molecule has 1 N–H and O–H groups in total. The second kappa shape index (κ2) is 10.5. The van der Waals surface area contributed by atoms with E-state index in [2.05, 4.69) is 55.4 Å². The lowest BCUT2D eigenvalue weighted by molar-refractivity contribution is -0.245. The van der Waals surface area contributed by atoms with Crippen molar-refractivity contribution in [2.75, 3.05) is 6.61 Å². The average Bonchev–Trinajstić information content (AvgIpc) is 2.66. The van der Waals surface area contributed by atoms with Gasteiger partial charge in [0.1, 0.15) is 17.6 Å². The molecular weight excluding hydrogens is 480 g/mol. The number of hydrogen-bond acceptors (Lipinski definition) is 7. The fraction of sp³-hybridized carbons (Fsp3) is 0.957. The van der Waals surface area contributed by atoms with Gasteiger partial charge in [0.2, 0.25) is 0 Å². The molecule has 5 atom stereocenters. The van der Waals surface area contributed by atoms with Gasteiger partial charge in [-0.1, -0.05) is 55.4 Å². The molecule has 2 rings (SSSR count). The minimum Gasteiger partial charge on any atom is -0.457 e. The number of esters is 1. The molecule has 0 aromatic heterocycles. The fourth-order valence-corrected chi connectivity index (χ4v) is 16.2. The van der Waals surface area contributed by atoms with Crippen LogP contribution in [0, 0.1) is 5.41 Å². The van der Waals surface area contributed by atoms with Crippen LogP contribution in [-0.4, -0.2) is 64.8 Å². The molecule has 0 saturated carbocycles. The van der Waals surface area contributed by atoms with Gasteiger partial charge in [-0.3, -0.25) is 4.79 Å². The van der Waals surface area contributed by atoms with Gasteiger partial charge in [0, 0.05) is 0 Å². The van der Waals surface area contributed by atoms with Crippen LogP contribution in [0.4, 0.5) is 0 Å². The van der Waals surface area contributed by atoms with E-state index >= 15 is 0 Å². The third kappa shape index (κ3) is 5.71. The summed E-state index contributed by atoms with van der Waals surface area (Å²) < 4.78 is 32.6. The summed E-state index contributed by atoms with van der Waals surface area (Å²) in [5.74, 6) is -0.409. The summed E-state index contributed by atoms with van der Waals surface area (Å²) >= 11 is 6.56. The number of rotatable bonds is 5. The summed E-state index contributed by atoms with van der Waals surface area (Å²) in [6.45, 7) is 22.6. The lowest BCUT2D eigenvalue weighted by atomic mass is 9.96. The van der Waals surface area contributed by atoms with Gasteiger partial charge in [0.25, 0.3) is 0 Å². The molecule has 2 saturated heterocycles. The lowest BCUT2D eigenvalue weighted by Crippen LogP contribution is -2.70. The third-order valence-corrected chi connectivity index (χ3v) is 17.5. The number of carbonyl (C=O) groups is 1. The summed E-state index contributed by atoms with van der Waals surface area (Å²) in [5.41, 5.74) is -0.157. The van der Waals surface area contributed by atoms with Crippen molar-refractivity contribution in [2.24, 2.45) is 5.41 Å². The van der Waals surface area contributed by atoms with E-state index in [0.29, 0.717) is 0 Å². The molecule has 7 nitrogen and oxygen atoms in total. The Morgan fingerprint density at radius 1 is 0.970 bits per heavy atom. The number of ether oxygens (including phenoxy) is 2. The molecular formula is C23H45ClO7Si2. The van der Waals surface area contributed by atoms with Crippen LogP contribution in [0.25, 0.3) is 0 Å². The van der Waals surface area contributed by atoms with Crippen molar-refractivity contribution in [1.82, 2.24) is 0 Å². The van der Waals surface area contributed by atoms with E-state index in [1.807, 2.05) is 0 Å². The molecule has 2 unspecified atom stereocenters. The number of hydrogen-bond donors (Lipinski definition) is 1. The van der Waals surface area contributed by atoms with Crippen molar-refractivity contribution in [3.05, 3.63) is 0 Å². The first-order chi connectivity index (χ1) is 15.0. The maximum atomic E-state index is 12.8. The molecule has 0 aromatic rings. The van der Waals surface area contributed by atoms with E-state index in [9.17, 15) is 9.90 Å². The van der Waals surface area contributed by atoms with Crippen LogP contribution < -0.4 is 0 Å². The Labute approximate surface area is 207 Å². The number of halogens is 1. The molecule has 2 aliphatic rings. The third-order valence-electron chi connectivity index (χ3n) is 6.78. The van der Waals surface area contributed by atoms with E-state index in [0.717, 1.165) is 0 Å². The maximum Gasteiger partial charge on any atom is 0.335 e. The van der Waals surface area contributed by atoms with Crippen LogP contribution in [0.5, 0.6) is 0 Å². The largest absolute Gasteiger partial charge is 0.457 e. The predicted molar refractivity (Wildman–Crippen MR) is 134 cm³/mol. The van der Waals surface area contributed by atoms with E-state index in [1.165, 1.54) is 0 Å². The molecule has 2 aliphatic heterocycles. The van der Waals surface area contributed by atoms with Crippen molar-refractivity contribution in [3.63, 3.8) is 0 Å². The Hall–Kier alpha value is -0.00623. The first-order valence-electron chi connectivity index (χ1n) is 12.2. The Balaban J connectivity index is 2.61. The van der Waals surface area contributed by atoms with E-state index in [1.54, 1.807) is 20.8 Å². The van der Waals surface area contributed by atoms with E-state index in [-0.39, 0.29) is 28.8 Å². The summed E-state index contributed by atoms with van der Waals surface area (Å²) in [5, 5.41) is 9.62. The van der Waals surface area contributed by atoms with Gasteiger partial charge < -0.3 is 27.5 Å². The lowest BCUT2D eigenvalue weighted by Gasteiger charge is -2.54. The first kappa shape index (κ1) is 29.2. The quantitative estimate of drug-likeness (QED) is 0.299. The monoisotopic (exact) mass is 524 g/mol. The van der Waals surface area contributed by atoms with E-state index in [4.69, 9.17) is 34.0 Å². The smallest absolute Gasteiger partial charge is 0.335 e. The highest BCUT2D eigenvalue weighted by Gasteiger charge is 2.62. The van der Waals surface area contributed by atoms with Crippen LogP contribution >= 0.6 is 11.6 Å². The second-order valence-corrected chi connectivity index (χ2v) is 21.0. The number of aliphatic hydroxyl groups excluding tert-OH is 1. The molecule has 2 fully saturated rings. The Morgan fingerprint density at radius 2 is 1.45 bits per heavy atom. The number of fused-ring (bicyclic) bond motifs is 1. The fourth-order valence-electron chi connectivity index (χ4n) is 4.73. The summed E-state index contributed by atoms with van der Waals surface area (Å²) in [7, 11) is -5.70. The Morgan fingerprint density at radius 3 is 1.88 bits per heavy atom. The van der Waals surface area contributed by atoms with Gasteiger partial charge in [-0.05, 0) is 42.9 Å². The first-order valence-corrected chi connectivity index (χ1v) is 16.6. The second-order valence-electron chi connectivity index (χ2n) is 11.7. The number of carbonyl (C=O) groups excluding carboxylic acids is 1. The molecule has 194 valence electrons. The predicted octanol–water partition coefficient (Wildman–Crippen LogP) is 5.23.